The van der Waals surface area contributed by atoms with E-state index in [1.165, 1.54) is 6.07 Å². The molecule has 1 amide bonds. The molecule has 2 aromatic rings. The lowest BCUT2D eigenvalue weighted by molar-refractivity contribution is -0.123. The van der Waals surface area contributed by atoms with Crippen LogP contribution in [0.1, 0.15) is 37.5 Å². The number of nitrogens with zero attached hydrogens (tertiary/aromatic N) is 1. The van der Waals surface area contributed by atoms with Crippen molar-refractivity contribution in [3.8, 4) is 0 Å². The molecule has 2 aromatic carbocycles. The highest BCUT2D eigenvalue weighted by Crippen LogP contribution is 2.24. The number of hydrogen-bond donors (Lipinski definition) is 3. The fourth-order valence-electron chi connectivity index (χ4n) is 3.13. The topological polar surface area (TPSA) is 108 Å². The summed E-state index contributed by atoms with van der Waals surface area (Å²) in [6.07, 6.45) is -0.152. The molecule has 8 heteroatoms. The summed E-state index contributed by atoms with van der Waals surface area (Å²) in [4.78, 5) is 17.5. The van der Waals surface area contributed by atoms with Crippen molar-refractivity contribution in [1.82, 2.24) is 10.0 Å². The molecule has 0 radical (unpaired) electrons. The fourth-order valence-corrected chi connectivity index (χ4v) is 4.37. The van der Waals surface area contributed by atoms with Gasteiger partial charge in [-0.3, -0.25) is 14.5 Å². The lowest BCUT2D eigenvalue weighted by atomic mass is 9.98. The van der Waals surface area contributed by atoms with Gasteiger partial charge in [0.05, 0.1) is 11.0 Å². The van der Waals surface area contributed by atoms with Gasteiger partial charge in [0.2, 0.25) is 5.91 Å². The average Bonchev–Trinajstić information content (AvgIpc) is 3.00. The molecular formula is C21H25N3O4S. The standard InChI is InChI=1S/C21H25N3O4S/c1-3-14(2)19(21(26)22-13-17(25)15-9-5-4-6-10-15)23-20-16-11-7-8-12-18(16)29(27,28)24-20/h4-12,14,17,19,25H,3,13H2,1-2H3,(H,22,26)(H,23,24)/t14-,17?,19-/m0/s1. The largest absolute Gasteiger partial charge is 0.387 e. The van der Waals surface area contributed by atoms with Gasteiger partial charge in [0.25, 0.3) is 10.0 Å². The van der Waals surface area contributed by atoms with Crippen LogP contribution in [-0.2, 0) is 14.8 Å². The summed E-state index contributed by atoms with van der Waals surface area (Å²) in [7, 11) is -3.67. The van der Waals surface area contributed by atoms with Crippen LogP contribution in [0.3, 0.4) is 0 Å². The van der Waals surface area contributed by atoms with Crippen LogP contribution in [0.2, 0.25) is 0 Å². The molecule has 1 aliphatic heterocycles. The first kappa shape index (κ1) is 21.0. The Bertz CT molecular complexity index is 1010. The zero-order chi connectivity index (χ0) is 21.0. The van der Waals surface area contributed by atoms with E-state index in [0.29, 0.717) is 17.5 Å². The van der Waals surface area contributed by atoms with E-state index in [4.69, 9.17) is 0 Å². The van der Waals surface area contributed by atoms with Gasteiger partial charge >= 0.3 is 0 Å². The lowest BCUT2D eigenvalue weighted by Crippen LogP contribution is -2.40. The molecule has 0 fully saturated rings. The first-order valence-corrected chi connectivity index (χ1v) is 11.0. The molecule has 154 valence electrons. The second kappa shape index (κ2) is 8.75. The Kier molecular flexibility index (Phi) is 6.34. The summed E-state index contributed by atoms with van der Waals surface area (Å²) >= 11 is 0. The van der Waals surface area contributed by atoms with Gasteiger partial charge in [-0.2, -0.15) is 0 Å². The Balaban J connectivity index is 1.80. The molecule has 0 aromatic heterocycles. The van der Waals surface area contributed by atoms with Gasteiger partial charge in [0.1, 0.15) is 11.9 Å². The van der Waals surface area contributed by atoms with Gasteiger partial charge in [-0.1, -0.05) is 62.7 Å². The Morgan fingerprint density at radius 3 is 2.48 bits per heavy atom. The van der Waals surface area contributed by atoms with Gasteiger partial charge in [-0.05, 0) is 23.6 Å². The second-order valence-corrected chi connectivity index (χ2v) is 8.73. The summed E-state index contributed by atoms with van der Waals surface area (Å²) in [6, 6.07) is 14.8. The van der Waals surface area contributed by atoms with Crippen molar-refractivity contribution in [2.75, 3.05) is 6.54 Å². The maximum atomic E-state index is 12.8. The molecule has 3 atom stereocenters. The number of sulfonamides is 1. The number of benzene rings is 2. The molecule has 0 saturated heterocycles. The zero-order valence-corrected chi connectivity index (χ0v) is 17.2. The average molecular weight is 416 g/mol. The first-order chi connectivity index (χ1) is 13.8. The Hall–Kier alpha value is -2.71. The minimum Gasteiger partial charge on any atom is -0.387 e. The van der Waals surface area contributed by atoms with Crippen LogP contribution in [0.25, 0.3) is 0 Å². The van der Waals surface area contributed by atoms with Gasteiger partial charge in [-0.25, -0.2) is 8.42 Å². The summed E-state index contributed by atoms with van der Waals surface area (Å²) in [5.41, 5.74) is 1.16. The number of carbonyl (C=O) groups excluding carboxylic acids is 1. The molecule has 1 aliphatic rings. The van der Waals surface area contributed by atoms with Crippen molar-refractivity contribution < 1.29 is 18.3 Å². The summed E-state index contributed by atoms with van der Waals surface area (Å²) in [5.74, 6) is -0.302. The fraction of sp³-hybridized carbons (Fsp3) is 0.333. The van der Waals surface area contributed by atoms with Crippen LogP contribution in [-0.4, -0.2) is 37.9 Å². The van der Waals surface area contributed by atoms with Crippen molar-refractivity contribution in [1.29, 1.82) is 0 Å². The smallest absolute Gasteiger partial charge is 0.263 e. The highest BCUT2D eigenvalue weighted by molar-refractivity contribution is 7.90. The molecule has 3 N–H and O–H groups in total. The van der Waals surface area contributed by atoms with Crippen molar-refractivity contribution in [2.24, 2.45) is 10.9 Å². The molecule has 7 nitrogen and oxygen atoms in total. The molecule has 0 spiro atoms. The van der Waals surface area contributed by atoms with E-state index in [1.807, 2.05) is 32.0 Å². The number of aliphatic hydroxyl groups is 1. The quantitative estimate of drug-likeness (QED) is 0.643. The number of rotatable bonds is 7. The van der Waals surface area contributed by atoms with Gasteiger partial charge in [-0.15, -0.1) is 0 Å². The molecule has 29 heavy (non-hydrogen) atoms. The van der Waals surface area contributed by atoms with E-state index in [-0.39, 0.29) is 29.1 Å². The van der Waals surface area contributed by atoms with Crippen LogP contribution in [0.5, 0.6) is 0 Å². The van der Waals surface area contributed by atoms with Crippen LogP contribution in [0.15, 0.2) is 64.5 Å². The third kappa shape index (κ3) is 4.65. The third-order valence-corrected chi connectivity index (χ3v) is 6.43. The molecule has 1 heterocycles. The molecule has 3 rings (SSSR count). The highest BCUT2D eigenvalue weighted by Gasteiger charge is 2.33. The Morgan fingerprint density at radius 1 is 1.14 bits per heavy atom. The van der Waals surface area contributed by atoms with E-state index in [1.54, 1.807) is 30.3 Å². The molecule has 1 unspecified atom stereocenters. The van der Waals surface area contributed by atoms with Gasteiger partial charge in [0, 0.05) is 12.1 Å². The van der Waals surface area contributed by atoms with Crippen LogP contribution < -0.4 is 10.0 Å². The van der Waals surface area contributed by atoms with E-state index in [2.05, 4.69) is 15.0 Å². The minimum absolute atomic E-state index is 0.0446. The second-order valence-electron chi connectivity index (χ2n) is 7.08. The summed E-state index contributed by atoms with van der Waals surface area (Å²) in [6.45, 7) is 3.87. The van der Waals surface area contributed by atoms with Crippen molar-refractivity contribution in [3.05, 3.63) is 65.7 Å². The normalized spacial score (nSPS) is 19.1. The highest BCUT2D eigenvalue weighted by atomic mass is 32.2. The Labute approximate surface area is 170 Å². The minimum atomic E-state index is -3.67. The number of amides is 1. The summed E-state index contributed by atoms with van der Waals surface area (Å²) < 4.78 is 27.0. The number of aliphatic imine (C=N–C) groups is 1. The van der Waals surface area contributed by atoms with Crippen molar-refractivity contribution >= 4 is 21.8 Å². The number of amidine groups is 1. The van der Waals surface area contributed by atoms with Crippen molar-refractivity contribution in [3.63, 3.8) is 0 Å². The number of carbonyl (C=O) groups is 1. The van der Waals surface area contributed by atoms with Crippen LogP contribution >= 0.6 is 0 Å². The zero-order valence-electron chi connectivity index (χ0n) is 16.4. The molecular weight excluding hydrogens is 390 g/mol. The van der Waals surface area contributed by atoms with E-state index in [0.717, 1.165) is 0 Å². The maximum absolute atomic E-state index is 12.8. The number of hydrogen-bond acceptors (Lipinski definition) is 5. The molecule has 0 aliphatic carbocycles. The number of fused-ring (bicyclic) bond motifs is 1. The maximum Gasteiger partial charge on any atom is 0.263 e. The number of nitrogens with one attached hydrogen (secondary N) is 2. The lowest BCUT2D eigenvalue weighted by Gasteiger charge is -2.20. The monoisotopic (exact) mass is 415 g/mol. The predicted octanol–water partition coefficient (Wildman–Crippen LogP) is 1.99. The number of aliphatic hydroxyl groups excluding tert-OH is 1. The third-order valence-electron chi connectivity index (χ3n) is 5.04. The van der Waals surface area contributed by atoms with Crippen molar-refractivity contribution in [2.45, 2.75) is 37.3 Å². The molecule has 0 bridgehead atoms. The Morgan fingerprint density at radius 2 is 1.79 bits per heavy atom. The van der Waals surface area contributed by atoms with Gasteiger partial charge < -0.3 is 10.4 Å². The predicted molar refractivity (Wildman–Crippen MR) is 111 cm³/mol. The van der Waals surface area contributed by atoms with E-state index < -0.39 is 22.2 Å². The van der Waals surface area contributed by atoms with E-state index in [9.17, 15) is 18.3 Å². The SMILES string of the molecule is CC[C@H](C)[C@H](N=C1NS(=O)(=O)c2ccccc21)C(=O)NCC(O)c1ccccc1. The molecule has 0 saturated carbocycles. The van der Waals surface area contributed by atoms with E-state index >= 15 is 0 Å². The summed E-state index contributed by atoms with van der Waals surface area (Å²) in [5, 5.41) is 13.0. The first-order valence-electron chi connectivity index (χ1n) is 9.54. The van der Waals surface area contributed by atoms with Gasteiger partial charge in [0.15, 0.2) is 0 Å². The van der Waals surface area contributed by atoms with Crippen LogP contribution in [0.4, 0.5) is 0 Å². The van der Waals surface area contributed by atoms with Crippen LogP contribution in [0, 0.1) is 5.92 Å².